The van der Waals surface area contributed by atoms with Crippen LogP contribution in [0.3, 0.4) is 0 Å². The molecule has 0 fully saturated rings. The van der Waals surface area contributed by atoms with Crippen molar-refractivity contribution in [2.75, 3.05) is 12.8 Å². The molecule has 0 unspecified atom stereocenters. The Bertz CT molecular complexity index is 798. The number of aromatic nitrogens is 1. The van der Waals surface area contributed by atoms with E-state index >= 15 is 0 Å². The minimum atomic E-state index is 0.279. The van der Waals surface area contributed by atoms with Gasteiger partial charge < -0.3 is 15.0 Å². The van der Waals surface area contributed by atoms with Gasteiger partial charge in [-0.25, -0.2) is 0 Å². The van der Waals surface area contributed by atoms with E-state index in [1.165, 1.54) is 11.3 Å². The Labute approximate surface area is 135 Å². The van der Waals surface area contributed by atoms with Crippen LogP contribution in [0.15, 0.2) is 34.2 Å². The molecule has 2 aromatic heterocycles. The lowest BCUT2D eigenvalue weighted by Gasteiger charge is -2.04. The average Bonchev–Trinajstić information content (AvgIpc) is 3.06. The Morgan fingerprint density at radius 3 is 2.76 bits per heavy atom. The number of anilines is 1. The van der Waals surface area contributed by atoms with Gasteiger partial charge in [0.05, 0.1) is 22.6 Å². The van der Waals surface area contributed by atoms with E-state index in [0.29, 0.717) is 21.4 Å². The fourth-order valence-corrected chi connectivity index (χ4v) is 3.31. The third-order valence-corrected chi connectivity index (χ3v) is 4.41. The Morgan fingerprint density at radius 1 is 1.29 bits per heavy atom. The van der Waals surface area contributed by atoms with Crippen LogP contribution >= 0.6 is 34.5 Å². The summed E-state index contributed by atoms with van der Waals surface area (Å²) in [6.45, 7) is 0. The Kier molecular flexibility index (Phi) is 3.80. The SMILES string of the molecule is COc1csc(-c2onc(N)c2-c2ccc(Cl)cc2Cl)c1. The minimum absolute atomic E-state index is 0.279. The summed E-state index contributed by atoms with van der Waals surface area (Å²) in [4.78, 5) is 0.858. The number of halogens is 2. The van der Waals surface area contributed by atoms with Crippen LogP contribution in [0, 0.1) is 0 Å². The summed E-state index contributed by atoms with van der Waals surface area (Å²) in [7, 11) is 1.61. The third kappa shape index (κ3) is 2.60. The van der Waals surface area contributed by atoms with Crippen molar-refractivity contribution in [3.8, 4) is 27.5 Å². The highest BCUT2D eigenvalue weighted by molar-refractivity contribution is 7.13. The first kappa shape index (κ1) is 14.3. The van der Waals surface area contributed by atoms with Gasteiger partial charge in [-0.05, 0) is 12.1 Å². The lowest BCUT2D eigenvalue weighted by Crippen LogP contribution is -1.89. The highest BCUT2D eigenvalue weighted by Gasteiger charge is 2.21. The van der Waals surface area contributed by atoms with Crippen molar-refractivity contribution in [2.45, 2.75) is 0 Å². The minimum Gasteiger partial charge on any atom is -0.496 e. The molecule has 2 N–H and O–H groups in total. The molecule has 0 spiro atoms. The molecular weight excluding hydrogens is 331 g/mol. The number of nitrogen functional groups attached to an aromatic ring is 1. The molecule has 21 heavy (non-hydrogen) atoms. The van der Waals surface area contributed by atoms with Gasteiger partial charge in [0, 0.05) is 22.0 Å². The second-order valence-electron chi connectivity index (χ2n) is 4.25. The van der Waals surface area contributed by atoms with Gasteiger partial charge in [-0.1, -0.05) is 34.4 Å². The zero-order valence-electron chi connectivity index (χ0n) is 10.9. The van der Waals surface area contributed by atoms with Crippen LogP contribution in [0.4, 0.5) is 5.82 Å². The maximum absolute atomic E-state index is 6.25. The van der Waals surface area contributed by atoms with E-state index in [1.54, 1.807) is 25.3 Å². The van der Waals surface area contributed by atoms with Crippen molar-refractivity contribution < 1.29 is 9.26 Å². The molecule has 0 saturated heterocycles. The van der Waals surface area contributed by atoms with Gasteiger partial charge in [0.15, 0.2) is 11.6 Å². The second kappa shape index (κ2) is 5.60. The maximum atomic E-state index is 6.25. The molecule has 0 amide bonds. The number of thiophene rings is 1. The van der Waals surface area contributed by atoms with E-state index in [2.05, 4.69) is 5.16 Å². The van der Waals surface area contributed by atoms with Gasteiger partial charge in [-0.3, -0.25) is 0 Å². The van der Waals surface area contributed by atoms with E-state index in [0.717, 1.165) is 16.2 Å². The molecule has 0 saturated carbocycles. The van der Waals surface area contributed by atoms with Crippen LogP contribution in [0.5, 0.6) is 5.75 Å². The number of rotatable bonds is 3. The van der Waals surface area contributed by atoms with Gasteiger partial charge in [0.25, 0.3) is 0 Å². The predicted octanol–water partition coefficient (Wildman–Crippen LogP) is 4.97. The van der Waals surface area contributed by atoms with Crippen molar-refractivity contribution in [3.63, 3.8) is 0 Å². The van der Waals surface area contributed by atoms with Gasteiger partial charge in [0.1, 0.15) is 5.75 Å². The Morgan fingerprint density at radius 2 is 2.10 bits per heavy atom. The summed E-state index contributed by atoms with van der Waals surface area (Å²) >= 11 is 13.7. The van der Waals surface area contributed by atoms with Crippen LogP contribution in [-0.2, 0) is 0 Å². The molecule has 2 heterocycles. The lowest BCUT2D eigenvalue weighted by atomic mass is 10.1. The van der Waals surface area contributed by atoms with Crippen LogP contribution in [0.2, 0.25) is 10.0 Å². The van der Waals surface area contributed by atoms with E-state index in [9.17, 15) is 0 Å². The zero-order valence-corrected chi connectivity index (χ0v) is 13.2. The molecule has 3 rings (SSSR count). The topological polar surface area (TPSA) is 61.3 Å². The summed E-state index contributed by atoms with van der Waals surface area (Å²) in [5.41, 5.74) is 7.31. The molecule has 3 aromatic rings. The Balaban J connectivity index is 2.17. The molecule has 0 aliphatic carbocycles. The standard InChI is InChI=1S/C14H10Cl2N2O2S/c1-19-8-5-11(21-6-8)13-12(14(17)18-20-13)9-3-2-7(15)4-10(9)16/h2-6H,1H3,(H2,17,18). The van der Waals surface area contributed by atoms with Gasteiger partial charge in [-0.15, -0.1) is 11.3 Å². The second-order valence-corrected chi connectivity index (χ2v) is 6.00. The normalized spacial score (nSPS) is 10.8. The fraction of sp³-hybridized carbons (Fsp3) is 0.0714. The van der Waals surface area contributed by atoms with Gasteiger partial charge in [0.2, 0.25) is 0 Å². The summed E-state index contributed by atoms with van der Waals surface area (Å²) in [6, 6.07) is 7.05. The van der Waals surface area contributed by atoms with Crippen molar-refractivity contribution in [1.29, 1.82) is 0 Å². The molecule has 0 radical (unpaired) electrons. The molecular formula is C14H10Cl2N2O2S. The van der Waals surface area contributed by atoms with Crippen LogP contribution < -0.4 is 10.5 Å². The lowest BCUT2D eigenvalue weighted by molar-refractivity contribution is 0.416. The fourth-order valence-electron chi connectivity index (χ4n) is 1.97. The van der Waals surface area contributed by atoms with E-state index in [1.807, 2.05) is 11.4 Å². The zero-order chi connectivity index (χ0) is 15.0. The average molecular weight is 341 g/mol. The number of methoxy groups -OCH3 is 1. The molecule has 0 atom stereocenters. The monoisotopic (exact) mass is 340 g/mol. The van der Waals surface area contributed by atoms with Gasteiger partial charge in [-0.2, -0.15) is 0 Å². The number of nitrogens with zero attached hydrogens (tertiary/aromatic N) is 1. The molecule has 0 aliphatic rings. The van der Waals surface area contributed by atoms with Crippen molar-refractivity contribution >= 4 is 40.4 Å². The summed E-state index contributed by atoms with van der Waals surface area (Å²) in [5, 5.41) is 6.76. The number of ether oxygens (including phenoxy) is 1. The molecule has 0 bridgehead atoms. The van der Waals surface area contributed by atoms with Crippen LogP contribution in [-0.4, -0.2) is 12.3 Å². The highest BCUT2D eigenvalue weighted by Crippen LogP contribution is 2.43. The highest BCUT2D eigenvalue weighted by atomic mass is 35.5. The number of hydrogen-bond donors (Lipinski definition) is 1. The summed E-state index contributed by atoms with van der Waals surface area (Å²) in [6.07, 6.45) is 0. The van der Waals surface area contributed by atoms with Crippen molar-refractivity contribution in [3.05, 3.63) is 39.7 Å². The number of hydrogen-bond acceptors (Lipinski definition) is 5. The molecule has 4 nitrogen and oxygen atoms in total. The number of benzene rings is 1. The van der Waals surface area contributed by atoms with Crippen molar-refractivity contribution in [2.24, 2.45) is 0 Å². The molecule has 108 valence electrons. The maximum Gasteiger partial charge on any atom is 0.187 e. The first-order valence-corrected chi connectivity index (χ1v) is 7.57. The van der Waals surface area contributed by atoms with Crippen molar-refractivity contribution in [1.82, 2.24) is 5.16 Å². The molecule has 7 heteroatoms. The van der Waals surface area contributed by atoms with Crippen LogP contribution in [0.25, 0.3) is 21.8 Å². The summed E-state index contributed by atoms with van der Waals surface area (Å²) < 4.78 is 10.5. The van der Waals surface area contributed by atoms with E-state index in [-0.39, 0.29) is 5.82 Å². The third-order valence-electron chi connectivity index (χ3n) is 2.95. The Hall–Kier alpha value is -1.69. The number of nitrogens with two attached hydrogens (primary N) is 1. The summed E-state index contributed by atoms with van der Waals surface area (Å²) in [5.74, 6) is 1.59. The van der Waals surface area contributed by atoms with Crippen LogP contribution in [0.1, 0.15) is 0 Å². The van der Waals surface area contributed by atoms with E-state index in [4.69, 9.17) is 38.2 Å². The molecule has 0 aliphatic heterocycles. The first-order chi connectivity index (χ1) is 10.1. The first-order valence-electron chi connectivity index (χ1n) is 5.93. The predicted molar refractivity (Wildman–Crippen MR) is 86.2 cm³/mol. The smallest absolute Gasteiger partial charge is 0.187 e. The largest absolute Gasteiger partial charge is 0.496 e. The quantitative estimate of drug-likeness (QED) is 0.731. The van der Waals surface area contributed by atoms with E-state index < -0.39 is 0 Å². The van der Waals surface area contributed by atoms with Gasteiger partial charge >= 0.3 is 0 Å². The molecule has 1 aromatic carbocycles.